The monoisotopic (exact) mass is 194 g/mol. The summed E-state index contributed by atoms with van der Waals surface area (Å²) < 4.78 is 0. The molecule has 2 fully saturated rings. The van der Waals surface area contributed by atoms with Gasteiger partial charge in [0.05, 0.1) is 0 Å². The van der Waals surface area contributed by atoms with E-state index in [0.717, 1.165) is 0 Å². The van der Waals surface area contributed by atoms with Crippen LogP contribution in [0.3, 0.4) is 0 Å². The Labute approximate surface area is 82.4 Å². The van der Waals surface area contributed by atoms with Crippen LogP contribution in [0, 0.1) is 18.8 Å². The number of rotatable bonds is 1. The number of fused-ring (bicyclic) bond motifs is 1. The summed E-state index contributed by atoms with van der Waals surface area (Å²) in [6.07, 6.45) is 3.79. The van der Waals surface area contributed by atoms with Crippen molar-refractivity contribution in [2.24, 2.45) is 11.8 Å². The Hall–Kier alpha value is -0.340. The smallest absolute Gasteiger partial charge is 0.105 e. The third-order valence-corrected chi connectivity index (χ3v) is 4.81. The van der Waals surface area contributed by atoms with Crippen LogP contribution in [0.5, 0.6) is 0 Å². The van der Waals surface area contributed by atoms with E-state index in [0.29, 0.717) is 11.8 Å². The molecule has 2 atom stereocenters. The summed E-state index contributed by atoms with van der Waals surface area (Å²) in [6.45, 7) is 2.11. The van der Waals surface area contributed by atoms with E-state index in [1.165, 1.54) is 29.0 Å². The highest BCUT2D eigenvalue weighted by Gasteiger charge is 2.66. The van der Waals surface area contributed by atoms with Gasteiger partial charge in [0, 0.05) is 9.75 Å². The molecule has 13 heavy (non-hydrogen) atoms. The molecule has 2 aliphatic carbocycles. The summed E-state index contributed by atoms with van der Waals surface area (Å²) in [5.74, 6) is 1.18. The first-order chi connectivity index (χ1) is 6.23. The van der Waals surface area contributed by atoms with Crippen molar-refractivity contribution in [3.63, 3.8) is 0 Å². The standard InChI is InChI=1S/C11H14OS/c1-7-5-6-10(13-7)11(12)8-3-2-4-9(8)11/h5-6,8-9,12H,2-4H2,1H3. The molecule has 1 aromatic rings. The van der Waals surface area contributed by atoms with Crippen LogP contribution in [0.2, 0.25) is 0 Å². The molecule has 3 rings (SSSR count). The number of hydrogen-bond donors (Lipinski definition) is 1. The van der Waals surface area contributed by atoms with E-state index < -0.39 is 5.60 Å². The SMILES string of the molecule is Cc1ccc(C2(O)C3CCCC32)s1. The van der Waals surface area contributed by atoms with Crippen LogP contribution in [-0.4, -0.2) is 5.11 Å². The Morgan fingerprint density at radius 1 is 1.38 bits per heavy atom. The van der Waals surface area contributed by atoms with Crippen molar-refractivity contribution >= 4 is 11.3 Å². The van der Waals surface area contributed by atoms with Gasteiger partial charge in [-0.15, -0.1) is 11.3 Å². The zero-order valence-electron chi connectivity index (χ0n) is 7.79. The average Bonchev–Trinajstić information content (AvgIpc) is 2.61. The average molecular weight is 194 g/mol. The third-order valence-electron chi connectivity index (χ3n) is 3.67. The van der Waals surface area contributed by atoms with Crippen molar-refractivity contribution in [2.45, 2.75) is 31.8 Å². The predicted molar refractivity (Wildman–Crippen MR) is 53.8 cm³/mol. The first-order valence-corrected chi connectivity index (χ1v) is 5.84. The number of thiophene rings is 1. The van der Waals surface area contributed by atoms with E-state index >= 15 is 0 Å². The molecule has 2 unspecified atom stereocenters. The summed E-state index contributed by atoms with van der Waals surface area (Å²) in [5, 5.41) is 10.4. The zero-order chi connectivity index (χ0) is 9.05. The minimum absolute atomic E-state index is 0.406. The van der Waals surface area contributed by atoms with Crippen LogP contribution in [0.15, 0.2) is 12.1 Å². The first-order valence-electron chi connectivity index (χ1n) is 5.02. The lowest BCUT2D eigenvalue weighted by atomic mass is 10.1. The largest absolute Gasteiger partial charge is 0.384 e. The van der Waals surface area contributed by atoms with Crippen LogP contribution < -0.4 is 0 Å². The lowest BCUT2D eigenvalue weighted by molar-refractivity contribution is 0.109. The summed E-state index contributed by atoms with van der Waals surface area (Å²) in [4.78, 5) is 2.52. The number of aryl methyl sites for hydroxylation is 1. The molecule has 2 heteroatoms. The van der Waals surface area contributed by atoms with Crippen molar-refractivity contribution in [3.05, 3.63) is 21.9 Å². The molecule has 0 bridgehead atoms. The fourth-order valence-electron chi connectivity index (χ4n) is 2.94. The normalized spacial score (nSPS) is 42.0. The Morgan fingerprint density at radius 2 is 2.08 bits per heavy atom. The van der Waals surface area contributed by atoms with Gasteiger partial charge < -0.3 is 5.11 Å². The summed E-state index contributed by atoms with van der Waals surface area (Å²) in [6, 6.07) is 4.23. The Balaban J connectivity index is 1.95. The van der Waals surface area contributed by atoms with E-state index in [1.807, 2.05) is 0 Å². The maximum Gasteiger partial charge on any atom is 0.105 e. The van der Waals surface area contributed by atoms with E-state index in [4.69, 9.17) is 0 Å². The third kappa shape index (κ3) is 0.906. The van der Waals surface area contributed by atoms with Gasteiger partial charge >= 0.3 is 0 Å². The molecule has 2 saturated carbocycles. The quantitative estimate of drug-likeness (QED) is 0.728. The molecular formula is C11H14OS. The first kappa shape index (κ1) is 8.01. The molecule has 2 aliphatic rings. The molecule has 1 nitrogen and oxygen atoms in total. The van der Waals surface area contributed by atoms with Crippen LogP contribution >= 0.6 is 11.3 Å². The maximum atomic E-state index is 10.4. The second-order valence-corrected chi connectivity index (χ2v) is 5.67. The predicted octanol–water partition coefficient (Wildman–Crippen LogP) is 2.67. The highest BCUT2D eigenvalue weighted by atomic mass is 32.1. The summed E-state index contributed by atoms with van der Waals surface area (Å²) >= 11 is 1.76. The van der Waals surface area contributed by atoms with Gasteiger partial charge in [-0.2, -0.15) is 0 Å². The number of hydrogen-bond acceptors (Lipinski definition) is 2. The van der Waals surface area contributed by atoms with Gasteiger partial charge in [0.2, 0.25) is 0 Å². The van der Waals surface area contributed by atoms with Gasteiger partial charge in [0.1, 0.15) is 5.60 Å². The molecule has 0 spiro atoms. The second kappa shape index (κ2) is 2.37. The van der Waals surface area contributed by atoms with Gasteiger partial charge in [0.25, 0.3) is 0 Å². The second-order valence-electron chi connectivity index (χ2n) is 4.38. The van der Waals surface area contributed by atoms with Crippen molar-refractivity contribution < 1.29 is 5.11 Å². The van der Waals surface area contributed by atoms with Crippen LogP contribution in [0.1, 0.15) is 29.0 Å². The summed E-state index contributed by atoms with van der Waals surface area (Å²) in [5.41, 5.74) is -0.406. The van der Waals surface area contributed by atoms with Crippen LogP contribution in [0.25, 0.3) is 0 Å². The van der Waals surface area contributed by atoms with Gasteiger partial charge in [-0.25, -0.2) is 0 Å². The van der Waals surface area contributed by atoms with Crippen molar-refractivity contribution in [1.82, 2.24) is 0 Å². The minimum Gasteiger partial charge on any atom is -0.384 e. The van der Waals surface area contributed by atoms with Gasteiger partial charge in [-0.1, -0.05) is 6.42 Å². The highest BCUT2D eigenvalue weighted by molar-refractivity contribution is 7.12. The van der Waals surface area contributed by atoms with Crippen molar-refractivity contribution in [1.29, 1.82) is 0 Å². The molecule has 0 radical (unpaired) electrons. The van der Waals surface area contributed by atoms with Crippen LogP contribution in [-0.2, 0) is 5.60 Å². The van der Waals surface area contributed by atoms with Crippen LogP contribution in [0.4, 0.5) is 0 Å². The molecular weight excluding hydrogens is 180 g/mol. The molecule has 70 valence electrons. The molecule has 0 aromatic carbocycles. The fraction of sp³-hybridized carbons (Fsp3) is 0.636. The van der Waals surface area contributed by atoms with E-state index in [2.05, 4.69) is 19.1 Å². The highest BCUT2D eigenvalue weighted by Crippen LogP contribution is 2.67. The Bertz CT molecular complexity index is 332. The van der Waals surface area contributed by atoms with Crippen molar-refractivity contribution in [3.8, 4) is 0 Å². The molecule has 1 heterocycles. The molecule has 1 N–H and O–H groups in total. The Kier molecular flexibility index (Phi) is 1.46. The van der Waals surface area contributed by atoms with Gasteiger partial charge in [-0.05, 0) is 43.7 Å². The fourth-order valence-corrected chi connectivity index (χ4v) is 4.02. The van der Waals surface area contributed by atoms with E-state index in [1.54, 1.807) is 11.3 Å². The van der Waals surface area contributed by atoms with Crippen molar-refractivity contribution in [2.75, 3.05) is 0 Å². The molecule has 0 amide bonds. The lowest BCUT2D eigenvalue weighted by Gasteiger charge is -2.11. The van der Waals surface area contributed by atoms with Gasteiger partial charge in [0.15, 0.2) is 0 Å². The van der Waals surface area contributed by atoms with E-state index in [-0.39, 0.29) is 0 Å². The van der Waals surface area contributed by atoms with Gasteiger partial charge in [-0.3, -0.25) is 0 Å². The maximum absolute atomic E-state index is 10.4. The lowest BCUT2D eigenvalue weighted by Crippen LogP contribution is -2.10. The molecule has 0 saturated heterocycles. The number of aliphatic hydroxyl groups is 1. The molecule has 1 aromatic heterocycles. The topological polar surface area (TPSA) is 20.2 Å². The minimum atomic E-state index is -0.406. The zero-order valence-corrected chi connectivity index (χ0v) is 8.60. The Morgan fingerprint density at radius 3 is 2.62 bits per heavy atom. The summed E-state index contributed by atoms with van der Waals surface area (Å²) in [7, 11) is 0. The molecule has 0 aliphatic heterocycles. The van der Waals surface area contributed by atoms with E-state index in [9.17, 15) is 5.11 Å².